The quantitative estimate of drug-likeness (QED) is 0.749. The van der Waals surface area contributed by atoms with Gasteiger partial charge in [0.05, 0.1) is 25.1 Å². The molecule has 2 N–H and O–H groups in total. The van der Waals surface area contributed by atoms with Crippen molar-refractivity contribution in [1.82, 2.24) is 9.97 Å². The Balaban J connectivity index is 2.01. The molecule has 2 heterocycles. The Morgan fingerprint density at radius 2 is 1.92 bits per heavy atom. The first-order valence-electron chi connectivity index (χ1n) is 7.77. The number of halogens is 1. The van der Waals surface area contributed by atoms with Crippen LogP contribution >= 0.6 is 11.6 Å². The van der Waals surface area contributed by atoms with Crippen LogP contribution in [0.25, 0.3) is 22.3 Å². The summed E-state index contributed by atoms with van der Waals surface area (Å²) in [5.74, 6) is 2.29. The largest absolute Gasteiger partial charge is 0.493 e. The number of hydrogen-bond acceptors (Lipinski definition) is 6. The number of aromatic nitrogens is 2. The minimum absolute atomic E-state index is 0.382. The summed E-state index contributed by atoms with van der Waals surface area (Å²) in [6.45, 7) is 0. The molecule has 1 aliphatic heterocycles. The van der Waals surface area contributed by atoms with Gasteiger partial charge in [-0.15, -0.1) is 0 Å². The summed E-state index contributed by atoms with van der Waals surface area (Å²) >= 11 is 5.96. The van der Waals surface area contributed by atoms with Gasteiger partial charge < -0.3 is 19.9 Å². The molecule has 0 aliphatic carbocycles. The smallest absolute Gasteiger partial charge is 0.164 e. The number of nitrogens with zero attached hydrogens (tertiary/aromatic N) is 2. The first-order valence-corrected chi connectivity index (χ1v) is 8.14. The molecule has 0 radical (unpaired) electrons. The summed E-state index contributed by atoms with van der Waals surface area (Å²) in [7, 11) is 3.16. The van der Waals surface area contributed by atoms with Crippen molar-refractivity contribution in [3.63, 3.8) is 0 Å². The lowest BCUT2D eigenvalue weighted by Crippen LogP contribution is -2.27. The van der Waals surface area contributed by atoms with Crippen molar-refractivity contribution < 1.29 is 14.6 Å². The average molecular weight is 358 g/mol. The number of ether oxygens (including phenoxy) is 2. The van der Waals surface area contributed by atoms with Crippen molar-refractivity contribution in [3.8, 4) is 22.9 Å². The highest BCUT2D eigenvalue weighted by atomic mass is 35.5. The van der Waals surface area contributed by atoms with Crippen LogP contribution in [0, 0.1) is 0 Å². The fourth-order valence-corrected chi connectivity index (χ4v) is 3.26. The molecule has 0 spiro atoms. The SMILES string of the molecule is COc1cc2nc(-c3ccc(Cl)cc3)nc3c2c(c1OC)CC(O)N3. The highest BCUT2D eigenvalue weighted by molar-refractivity contribution is 6.30. The van der Waals surface area contributed by atoms with E-state index in [1.54, 1.807) is 26.4 Å². The van der Waals surface area contributed by atoms with Gasteiger partial charge in [0.2, 0.25) is 0 Å². The second kappa shape index (κ2) is 6.06. The van der Waals surface area contributed by atoms with E-state index in [-0.39, 0.29) is 0 Å². The summed E-state index contributed by atoms with van der Waals surface area (Å²) in [5.41, 5.74) is 2.39. The van der Waals surface area contributed by atoms with Gasteiger partial charge in [-0.25, -0.2) is 9.97 Å². The molecule has 1 unspecified atom stereocenters. The molecule has 1 aromatic heterocycles. The highest BCUT2D eigenvalue weighted by Crippen LogP contribution is 2.42. The summed E-state index contributed by atoms with van der Waals surface area (Å²) < 4.78 is 10.9. The standard InChI is InChI=1S/C18H16ClN3O3/c1-24-13-8-12-15-11(16(13)25-2)7-14(23)21-18(15)22-17(20-12)9-3-5-10(19)6-4-9/h3-6,8,14,23H,7H2,1-2H3,(H,20,21,22). The maximum atomic E-state index is 10.2. The molecule has 7 heteroatoms. The predicted molar refractivity (Wildman–Crippen MR) is 96.4 cm³/mol. The Morgan fingerprint density at radius 3 is 2.60 bits per heavy atom. The number of anilines is 1. The Hall–Kier alpha value is -2.57. The average Bonchev–Trinajstić information content (AvgIpc) is 2.61. The van der Waals surface area contributed by atoms with E-state index in [0.717, 1.165) is 22.0 Å². The van der Waals surface area contributed by atoms with Crippen LogP contribution in [0.15, 0.2) is 30.3 Å². The van der Waals surface area contributed by atoms with E-state index in [4.69, 9.17) is 21.1 Å². The van der Waals surface area contributed by atoms with Crippen LogP contribution in [0.3, 0.4) is 0 Å². The number of rotatable bonds is 3. The van der Waals surface area contributed by atoms with Gasteiger partial charge in [-0.1, -0.05) is 11.6 Å². The van der Waals surface area contributed by atoms with Crippen molar-refractivity contribution in [3.05, 3.63) is 40.9 Å². The summed E-state index contributed by atoms with van der Waals surface area (Å²) in [6.07, 6.45) is -0.377. The van der Waals surface area contributed by atoms with Gasteiger partial charge in [0.15, 0.2) is 17.3 Å². The lowest BCUT2D eigenvalue weighted by Gasteiger charge is -2.25. The van der Waals surface area contributed by atoms with Crippen LogP contribution in [0.2, 0.25) is 5.02 Å². The van der Waals surface area contributed by atoms with E-state index in [0.29, 0.717) is 34.6 Å². The van der Waals surface area contributed by atoms with E-state index in [2.05, 4.69) is 15.3 Å². The summed E-state index contributed by atoms with van der Waals surface area (Å²) in [6, 6.07) is 9.12. The van der Waals surface area contributed by atoms with Gasteiger partial charge in [0.25, 0.3) is 0 Å². The normalized spacial score (nSPS) is 15.8. The molecule has 6 nitrogen and oxygen atoms in total. The van der Waals surface area contributed by atoms with E-state index in [9.17, 15) is 5.11 Å². The van der Waals surface area contributed by atoms with E-state index < -0.39 is 6.23 Å². The van der Waals surface area contributed by atoms with Gasteiger partial charge in [0, 0.05) is 28.6 Å². The Morgan fingerprint density at radius 1 is 1.16 bits per heavy atom. The third kappa shape index (κ3) is 2.63. The number of benzene rings is 2. The highest BCUT2D eigenvalue weighted by Gasteiger charge is 2.27. The molecule has 2 aromatic carbocycles. The number of aliphatic hydroxyl groups is 1. The molecule has 3 aromatic rings. The molecule has 0 saturated carbocycles. The third-order valence-corrected chi connectivity index (χ3v) is 4.48. The molecule has 0 saturated heterocycles. The Bertz CT molecular complexity index is 960. The Labute approximate surface area is 149 Å². The molecular weight excluding hydrogens is 342 g/mol. The van der Waals surface area contributed by atoms with Crippen LogP contribution in [0.1, 0.15) is 5.56 Å². The van der Waals surface area contributed by atoms with Crippen molar-refractivity contribution in [1.29, 1.82) is 0 Å². The van der Waals surface area contributed by atoms with Crippen LogP contribution < -0.4 is 14.8 Å². The van der Waals surface area contributed by atoms with Crippen LogP contribution in [0.4, 0.5) is 5.82 Å². The first kappa shape index (κ1) is 15.9. The maximum Gasteiger partial charge on any atom is 0.164 e. The number of aliphatic hydroxyl groups excluding tert-OH is 1. The van der Waals surface area contributed by atoms with Crippen LogP contribution in [-0.4, -0.2) is 35.5 Å². The predicted octanol–water partition coefficient (Wildman–Crippen LogP) is 3.25. The van der Waals surface area contributed by atoms with Crippen molar-refractivity contribution in [2.75, 3.05) is 19.5 Å². The van der Waals surface area contributed by atoms with Gasteiger partial charge >= 0.3 is 0 Å². The zero-order valence-electron chi connectivity index (χ0n) is 13.7. The first-order chi connectivity index (χ1) is 12.1. The number of methoxy groups -OCH3 is 2. The van der Waals surface area contributed by atoms with Gasteiger partial charge in [-0.05, 0) is 24.3 Å². The molecule has 25 heavy (non-hydrogen) atoms. The van der Waals surface area contributed by atoms with Gasteiger partial charge in [0.1, 0.15) is 12.0 Å². The molecular formula is C18H16ClN3O3. The van der Waals surface area contributed by atoms with Crippen LogP contribution in [0.5, 0.6) is 11.5 Å². The molecule has 0 bridgehead atoms. The second-order valence-electron chi connectivity index (χ2n) is 5.75. The lowest BCUT2D eigenvalue weighted by molar-refractivity contribution is 0.200. The van der Waals surface area contributed by atoms with E-state index in [1.807, 2.05) is 18.2 Å². The third-order valence-electron chi connectivity index (χ3n) is 4.23. The van der Waals surface area contributed by atoms with Crippen LogP contribution in [-0.2, 0) is 6.42 Å². The lowest BCUT2D eigenvalue weighted by atomic mass is 9.99. The van der Waals surface area contributed by atoms with Gasteiger partial charge in [-0.2, -0.15) is 0 Å². The zero-order valence-corrected chi connectivity index (χ0v) is 14.5. The summed E-state index contributed by atoms with van der Waals surface area (Å²) in [5, 5.41) is 14.7. The monoisotopic (exact) mass is 357 g/mol. The molecule has 0 fully saturated rings. The molecule has 1 atom stereocenters. The van der Waals surface area contributed by atoms with Crippen molar-refractivity contribution in [2.45, 2.75) is 12.6 Å². The topological polar surface area (TPSA) is 76.5 Å². The second-order valence-corrected chi connectivity index (χ2v) is 6.19. The number of hydrogen-bond donors (Lipinski definition) is 2. The maximum absolute atomic E-state index is 10.2. The summed E-state index contributed by atoms with van der Waals surface area (Å²) in [4.78, 5) is 9.27. The molecule has 0 amide bonds. The fraction of sp³-hybridized carbons (Fsp3) is 0.222. The fourth-order valence-electron chi connectivity index (χ4n) is 3.14. The molecule has 4 rings (SSSR count). The molecule has 1 aliphatic rings. The van der Waals surface area contributed by atoms with Gasteiger partial charge in [-0.3, -0.25) is 0 Å². The van der Waals surface area contributed by atoms with E-state index >= 15 is 0 Å². The minimum atomic E-state index is -0.760. The number of nitrogens with one attached hydrogen (secondary N) is 1. The van der Waals surface area contributed by atoms with Crippen molar-refractivity contribution in [2.24, 2.45) is 0 Å². The van der Waals surface area contributed by atoms with E-state index in [1.165, 1.54) is 0 Å². The Kier molecular flexibility index (Phi) is 3.86. The zero-order chi connectivity index (χ0) is 17.6. The minimum Gasteiger partial charge on any atom is -0.493 e. The molecule has 128 valence electrons. The van der Waals surface area contributed by atoms with Crippen molar-refractivity contribution >= 4 is 28.3 Å².